The first-order valence-corrected chi connectivity index (χ1v) is 9.24. The van der Waals surface area contributed by atoms with Crippen molar-refractivity contribution in [2.75, 3.05) is 51.7 Å². The van der Waals surface area contributed by atoms with Gasteiger partial charge in [0.1, 0.15) is 0 Å². The molecule has 2 saturated heterocycles. The topological polar surface area (TPSA) is 92.9 Å². The van der Waals surface area contributed by atoms with Crippen LogP contribution in [-0.4, -0.2) is 75.8 Å². The van der Waals surface area contributed by atoms with Crippen LogP contribution in [0, 0.1) is 5.92 Å². The van der Waals surface area contributed by atoms with Gasteiger partial charge in [-0.25, -0.2) is 13.6 Å². The van der Waals surface area contributed by atoms with E-state index >= 15 is 0 Å². The first-order valence-electron chi connectivity index (χ1n) is 7.52. The second-order valence-electron chi connectivity index (χ2n) is 5.90. The molecule has 2 fully saturated rings. The molecular formula is C13H25N3O4S. The summed E-state index contributed by atoms with van der Waals surface area (Å²) in [4.78, 5) is 16.0. The van der Waals surface area contributed by atoms with Crippen LogP contribution in [0.5, 0.6) is 0 Å². The Morgan fingerprint density at radius 3 is 2.52 bits per heavy atom. The molecule has 0 aromatic rings. The summed E-state index contributed by atoms with van der Waals surface area (Å²) < 4.78 is 27.4. The molecule has 1 unspecified atom stereocenters. The molecule has 122 valence electrons. The van der Waals surface area contributed by atoms with Crippen molar-refractivity contribution < 1.29 is 17.9 Å². The first-order chi connectivity index (χ1) is 9.94. The molecule has 2 aliphatic rings. The Labute approximate surface area is 126 Å². The smallest absolute Gasteiger partial charge is 0.222 e. The molecule has 0 aliphatic carbocycles. The molecule has 0 aromatic carbocycles. The number of morpholine rings is 1. The number of amides is 1. The average Bonchev–Trinajstić information content (AvgIpc) is 2.74. The van der Waals surface area contributed by atoms with Crippen LogP contribution < -0.4 is 5.14 Å². The number of likely N-dealkylation sites (tertiary alicyclic amines) is 1. The van der Waals surface area contributed by atoms with Crippen LogP contribution >= 0.6 is 0 Å². The number of ether oxygens (including phenoxy) is 1. The third-order valence-electron chi connectivity index (χ3n) is 4.02. The summed E-state index contributed by atoms with van der Waals surface area (Å²) in [6.45, 7) is 5.85. The second-order valence-corrected chi connectivity index (χ2v) is 7.56. The van der Waals surface area contributed by atoms with Gasteiger partial charge in [0.15, 0.2) is 0 Å². The first kappa shape index (κ1) is 16.7. The van der Waals surface area contributed by atoms with Crippen molar-refractivity contribution >= 4 is 15.9 Å². The lowest BCUT2D eigenvalue weighted by Gasteiger charge is -2.26. The largest absolute Gasteiger partial charge is 0.379 e. The number of carbonyl (C=O) groups excluding carboxylic acids is 1. The van der Waals surface area contributed by atoms with E-state index in [1.54, 1.807) is 4.90 Å². The summed E-state index contributed by atoms with van der Waals surface area (Å²) in [5, 5.41) is 5.04. The third-order valence-corrected chi connectivity index (χ3v) is 4.95. The lowest BCUT2D eigenvalue weighted by atomic mass is 10.1. The molecule has 0 saturated carbocycles. The number of carbonyl (C=O) groups is 1. The Balaban J connectivity index is 1.63. The predicted molar refractivity (Wildman–Crippen MR) is 79.2 cm³/mol. The number of sulfonamides is 1. The monoisotopic (exact) mass is 319 g/mol. The minimum atomic E-state index is -3.49. The highest BCUT2D eigenvalue weighted by atomic mass is 32.2. The van der Waals surface area contributed by atoms with Gasteiger partial charge in [0.05, 0.1) is 19.0 Å². The van der Waals surface area contributed by atoms with E-state index in [-0.39, 0.29) is 17.6 Å². The minimum Gasteiger partial charge on any atom is -0.379 e. The maximum atomic E-state index is 11.8. The molecule has 2 rings (SSSR count). The number of unbranched alkanes of at least 4 members (excludes halogenated alkanes) is 1. The maximum absolute atomic E-state index is 11.8. The lowest BCUT2D eigenvalue weighted by Crippen LogP contribution is -2.37. The molecular weight excluding hydrogens is 294 g/mol. The quantitative estimate of drug-likeness (QED) is 0.622. The van der Waals surface area contributed by atoms with Crippen molar-refractivity contribution in [1.29, 1.82) is 0 Å². The van der Waals surface area contributed by atoms with Gasteiger partial charge in [-0.05, 0) is 19.4 Å². The molecule has 21 heavy (non-hydrogen) atoms. The lowest BCUT2D eigenvalue weighted by molar-refractivity contribution is -0.127. The zero-order chi connectivity index (χ0) is 15.3. The average molecular weight is 319 g/mol. The van der Waals surface area contributed by atoms with Gasteiger partial charge in [-0.1, -0.05) is 0 Å². The van der Waals surface area contributed by atoms with Crippen LogP contribution in [0.1, 0.15) is 19.3 Å². The van der Waals surface area contributed by atoms with E-state index in [2.05, 4.69) is 4.90 Å². The highest BCUT2D eigenvalue weighted by Gasteiger charge is 2.31. The van der Waals surface area contributed by atoms with Gasteiger partial charge in [-0.3, -0.25) is 9.69 Å². The van der Waals surface area contributed by atoms with Gasteiger partial charge in [0, 0.05) is 38.5 Å². The third kappa shape index (κ3) is 5.90. The summed E-state index contributed by atoms with van der Waals surface area (Å²) >= 11 is 0. The van der Waals surface area contributed by atoms with Gasteiger partial charge >= 0.3 is 0 Å². The highest BCUT2D eigenvalue weighted by molar-refractivity contribution is 7.89. The maximum Gasteiger partial charge on any atom is 0.222 e. The molecule has 1 atom stereocenters. The van der Waals surface area contributed by atoms with E-state index in [1.165, 1.54) is 0 Å². The van der Waals surface area contributed by atoms with Crippen LogP contribution in [0.4, 0.5) is 0 Å². The molecule has 0 aromatic heterocycles. The number of hydrogen-bond acceptors (Lipinski definition) is 5. The van der Waals surface area contributed by atoms with Crippen LogP contribution in [0.3, 0.4) is 0 Å². The second kappa shape index (κ2) is 7.53. The molecule has 0 bridgehead atoms. The SMILES string of the molecule is NS(=O)(=O)CC1CC(=O)N(CCCCN2CCOCC2)C1. The molecule has 8 heteroatoms. The van der Waals surface area contributed by atoms with Gasteiger partial charge in [0.25, 0.3) is 0 Å². The van der Waals surface area contributed by atoms with Crippen molar-refractivity contribution in [3.63, 3.8) is 0 Å². The van der Waals surface area contributed by atoms with Crippen LogP contribution in [-0.2, 0) is 19.6 Å². The number of primary sulfonamides is 1. The van der Waals surface area contributed by atoms with Crippen LogP contribution in [0.2, 0.25) is 0 Å². The van der Waals surface area contributed by atoms with Crippen molar-refractivity contribution in [3.8, 4) is 0 Å². The summed E-state index contributed by atoms with van der Waals surface area (Å²) in [6, 6.07) is 0. The standard InChI is InChI=1S/C13H25N3O4S/c14-21(18,19)11-12-9-13(17)16(10-12)4-2-1-3-15-5-7-20-8-6-15/h12H,1-11H2,(H2,14,18,19). The zero-order valence-electron chi connectivity index (χ0n) is 12.4. The normalized spacial score (nSPS) is 24.7. The van der Waals surface area contributed by atoms with Crippen molar-refractivity contribution in [3.05, 3.63) is 0 Å². The summed E-state index contributed by atoms with van der Waals surface area (Å²) in [5.74, 6) is -0.190. The molecule has 2 aliphatic heterocycles. The predicted octanol–water partition coefficient (Wildman–Crippen LogP) is -0.764. The van der Waals surface area contributed by atoms with Crippen molar-refractivity contribution in [2.24, 2.45) is 11.1 Å². The number of hydrogen-bond donors (Lipinski definition) is 1. The van der Waals surface area contributed by atoms with Gasteiger partial charge in [-0.2, -0.15) is 0 Å². The number of nitrogens with two attached hydrogens (primary N) is 1. The number of nitrogens with zero attached hydrogens (tertiary/aromatic N) is 2. The zero-order valence-corrected chi connectivity index (χ0v) is 13.2. The highest BCUT2D eigenvalue weighted by Crippen LogP contribution is 2.19. The Morgan fingerprint density at radius 1 is 1.19 bits per heavy atom. The van der Waals surface area contributed by atoms with E-state index in [4.69, 9.17) is 9.88 Å². The summed E-state index contributed by atoms with van der Waals surface area (Å²) in [6.07, 6.45) is 2.30. The summed E-state index contributed by atoms with van der Waals surface area (Å²) in [5.41, 5.74) is 0. The number of rotatable bonds is 7. The molecule has 7 nitrogen and oxygen atoms in total. The van der Waals surface area contributed by atoms with E-state index < -0.39 is 10.0 Å². The fourth-order valence-electron chi connectivity index (χ4n) is 2.97. The van der Waals surface area contributed by atoms with Gasteiger partial charge < -0.3 is 9.64 Å². The van der Waals surface area contributed by atoms with Crippen LogP contribution in [0.15, 0.2) is 0 Å². The Hall–Kier alpha value is -0.700. The van der Waals surface area contributed by atoms with Gasteiger partial charge in [-0.15, -0.1) is 0 Å². The van der Waals surface area contributed by atoms with E-state index in [9.17, 15) is 13.2 Å². The Kier molecular flexibility index (Phi) is 5.98. The Bertz CT molecular complexity index is 448. The molecule has 0 spiro atoms. The Morgan fingerprint density at radius 2 is 1.86 bits per heavy atom. The minimum absolute atomic E-state index is 0.0509. The van der Waals surface area contributed by atoms with E-state index in [1.807, 2.05) is 0 Å². The molecule has 2 heterocycles. The van der Waals surface area contributed by atoms with Crippen molar-refractivity contribution in [2.45, 2.75) is 19.3 Å². The molecule has 1 amide bonds. The fraction of sp³-hybridized carbons (Fsp3) is 0.923. The summed E-state index contributed by atoms with van der Waals surface area (Å²) in [7, 11) is -3.49. The van der Waals surface area contributed by atoms with Crippen LogP contribution in [0.25, 0.3) is 0 Å². The van der Waals surface area contributed by atoms with E-state index in [0.717, 1.165) is 45.7 Å². The van der Waals surface area contributed by atoms with E-state index in [0.29, 0.717) is 19.5 Å². The molecule has 2 N–H and O–H groups in total. The van der Waals surface area contributed by atoms with Gasteiger partial charge in [0.2, 0.25) is 15.9 Å². The van der Waals surface area contributed by atoms with Crippen molar-refractivity contribution in [1.82, 2.24) is 9.80 Å². The molecule has 0 radical (unpaired) electrons. The fourth-order valence-corrected chi connectivity index (χ4v) is 3.85.